The van der Waals surface area contributed by atoms with Crippen LogP contribution in [0.2, 0.25) is 0 Å². The van der Waals surface area contributed by atoms with Gasteiger partial charge in [0.2, 0.25) is 5.91 Å². The number of carbonyl (C=O) groups is 1. The van der Waals surface area contributed by atoms with Crippen molar-refractivity contribution >= 4 is 17.7 Å². The third kappa shape index (κ3) is 5.34. The van der Waals surface area contributed by atoms with Crippen LogP contribution in [-0.4, -0.2) is 33.0 Å². The van der Waals surface area contributed by atoms with Gasteiger partial charge in [-0.15, -0.1) is 10.2 Å². The molecule has 0 aliphatic heterocycles. The number of amides is 1. The van der Waals surface area contributed by atoms with Gasteiger partial charge in [-0.25, -0.2) is 0 Å². The third-order valence-electron chi connectivity index (χ3n) is 4.83. The molecule has 0 spiro atoms. The van der Waals surface area contributed by atoms with Gasteiger partial charge in [-0.2, -0.15) is 0 Å². The number of hydrogen-bond donors (Lipinski definition) is 1. The normalized spacial score (nSPS) is 14.1. The average Bonchev–Trinajstić information content (AvgIpc) is 3.39. The van der Waals surface area contributed by atoms with Crippen molar-refractivity contribution in [3.8, 4) is 0 Å². The molecule has 0 radical (unpaired) electrons. The first-order valence-corrected chi connectivity index (χ1v) is 10.9. The minimum absolute atomic E-state index is 0.0512. The first kappa shape index (κ1) is 19.9. The molecule has 1 amide bonds. The van der Waals surface area contributed by atoms with E-state index in [-0.39, 0.29) is 5.91 Å². The fraction of sp³-hybridized carbons (Fsp3) is 0.571. The second-order valence-electron chi connectivity index (χ2n) is 7.88. The molecule has 1 aliphatic rings. The van der Waals surface area contributed by atoms with Crippen LogP contribution in [0, 0.1) is 0 Å². The van der Waals surface area contributed by atoms with Crippen molar-refractivity contribution in [2.24, 2.45) is 0 Å². The summed E-state index contributed by atoms with van der Waals surface area (Å²) in [4.78, 5) is 12.2. The van der Waals surface area contributed by atoms with E-state index in [9.17, 15) is 4.79 Å². The number of carbonyl (C=O) groups excluding carboxylic acids is 1. The second-order valence-corrected chi connectivity index (χ2v) is 8.82. The van der Waals surface area contributed by atoms with Crippen LogP contribution in [0.5, 0.6) is 0 Å². The first-order chi connectivity index (χ1) is 13.0. The van der Waals surface area contributed by atoms with Crippen molar-refractivity contribution in [1.82, 2.24) is 20.1 Å². The van der Waals surface area contributed by atoms with E-state index in [1.165, 1.54) is 35.7 Å². The molecule has 6 heteroatoms. The molecule has 0 saturated heterocycles. The van der Waals surface area contributed by atoms with E-state index in [0.29, 0.717) is 30.2 Å². The number of nitrogens with one attached hydrogen (secondary N) is 1. The third-order valence-corrected chi connectivity index (χ3v) is 5.78. The van der Waals surface area contributed by atoms with E-state index in [4.69, 9.17) is 0 Å². The molecule has 3 rings (SSSR count). The van der Waals surface area contributed by atoms with Crippen LogP contribution >= 0.6 is 11.8 Å². The minimum atomic E-state index is 0.0512. The summed E-state index contributed by atoms with van der Waals surface area (Å²) >= 11 is 1.49. The number of hydrogen-bond acceptors (Lipinski definition) is 4. The Hall–Kier alpha value is -1.82. The van der Waals surface area contributed by atoms with Crippen LogP contribution in [0.1, 0.15) is 75.4 Å². The van der Waals surface area contributed by atoms with E-state index in [1.807, 2.05) is 0 Å². The predicted octanol–water partition coefficient (Wildman–Crippen LogP) is 4.31. The molecule has 1 saturated carbocycles. The van der Waals surface area contributed by atoms with E-state index < -0.39 is 0 Å². The lowest BCUT2D eigenvalue weighted by Crippen LogP contribution is -2.27. The highest BCUT2D eigenvalue weighted by molar-refractivity contribution is 7.99. The maximum atomic E-state index is 12.2. The van der Waals surface area contributed by atoms with Crippen molar-refractivity contribution in [2.45, 2.75) is 70.0 Å². The van der Waals surface area contributed by atoms with Crippen molar-refractivity contribution in [3.63, 3.8) is 0 Å². The largest absolute Gasteiger partial charge is 0.355 e. The predicted molar refractivity (Wildman–Crippen MR) is 110 cm³/mol. The van der Waals surface area contributed by atoms with E-state index in [2.05, 4.69) is 72.0 Å². The molecular formula is C21H30N4OS. The van der Waals surface area contributed by atoms with E-state index >= 15 is 0 Å². The summed E-state index contributed by atoms with van der Waals surface area (Å²) in [6.45, 7) is 9.32. The van der Waals surface area contributed by atoms with Crippen molar-refractivity contribution in [3.05, 3.63) is 41.2 Å². The molecule has 1 aliphatic carbocycles. The lowest BCUT2D eigenvalue weighted by molar-refractivity contribution is -0.118. The van der Waals surface area contributed by atoms with Gasteiger partial charge in [0.15, 0.2) is 5.16 Å². The molecule has 1 heterocycles. The number of aromatic nitrogens is 3. The van der Waals surface area contributed by atoms with Crippen LogP contribution in [0.15, 0.2) is 29.4 Å². The van der Waals surface area contributed by atoms with Gasteiger partial charge >= 0.3 is 0 Å². The summed E-state index contributed by atoms with van der Waals surface area (Å²) < 4.78 is 2.24. The highest BCUT2D eigenvalue weighted by Crippen LogP contribution is 2.40. The Bertz CT molecular complexity index is 763. The van der Waals surface area contributed by atoms with Crippen molar-refractivity contribution in [1.29, 1.82) is 0 Å². The van der Waals surface area contributed by atoms with Crippen LogP contribution in [0.3, 0.4) is 0 Å². The Morgan fingerprint density at radius 2 is 1.85 bits per heavy atom. The number of nitrogens with zero attached hydrogens (tertiary/aromatic N) is 3. The van der Waals surface area contributed by atoms with Gasteiger partial charge in [-0.3, -0.25) is 4.79 Å². The highest BCUT2D eigenvalue weighted by atomic mass is 32.2. The molecule has 146 valence electrons. The van der Waals surface area contributed by atoms with Gasteiger partial charge in [0.05, 0.1) is 5.75 Å². The van der Waals surface area contributed by atoms with Crippen LogP contribution < -0.4 is 5.32 Å². The first-order valence-electron chi connectivity index (χ1n) is 9.88. The molecule has 27 heavy (non-hydrogen) atoms. The Labute approximate surface area is 166 Å². The number of thioether (sulfide) groups is 1. The summed E-state index contributed by atoms with van der Waals surface area (Å²) in [6, 6.07) is 9.18. The summed E-state index contributed by atoms with van der Waals surface area (Å²) in [5.41, 5.74) is 2.60. The Morgan fingerprint density at radius 3 is 2.44 bits per heavy atom. The summed E-state index contributed by atoms with van der Waals surface area (Å²) in [7, 11) is 0. The Kier molecular flexibility index (Phi) is 6.58. The van der Waals surface area contributed by atoms with Crippen LogP contribution in [0.4, 0.5) is 0 Å². The molecule has 1 aromatic heterocycles. The van der Waals surface area contributed by atoms with Gasteiger partial charge in [0.1, 0.15) is 5.82 Å². The van der Waals surface area contributed by atoms with Gasteiger partial charge in [-0.05, 0) is 36.3 Å². The molecular weight excluding hydrogens is 356 g/mol. The maximum Gasteiger partial charge on any atom is 0.230 e. The molecule has 1 aromatic carbocycles. The van der Waals surface area contributed by atoms with Crippen molar-refractivity contribution in [2.75, 3.05) is 12.3 Å². The molecule has 1 fully saturated rings. The van der Waals surface area contributed by atoms with Gasteiger partial charge in [-0.1, -0.05) is 63.7 Å². The lowest BCUT2D eigenvalue weighted by Gasteiger charge is -2.11. The SMILES string of the molecule is CC(C)c1ccc(CCNC(=O)CSc2nnc(C(C)C)n2C2CC2)cc1. The topological polar surface area (TPSA) is 59.8 Å². The number of benzene rings is 1. The molecule has 5 nitrogen and oxygen atoms in total. The second kappa shape index (κ2) is 8.91. The maximum absolute atomic E-state index is 12.2. The standard InChI is InChI=1S/C21H30N4OS/c1-14(2)17-7-5-16(6-8-17)11-12-22-19(26)13-27-21-24-23-20(15(3)4)25(21)18-9-10-18/h5-8,14-15,18H,9-13H2,1-4H3,(H,22,26). The quantitative estimate of drug-likeness (QED) is 0.652. The van der Waals surface area contributed by atoms with Crippen molar-refractivity contribution < 1.29 is 4.79 Å². The van der Waals surface area contributed by atoms with Crippen LogP contribution in [0.25, 0.3) is 0 Å². The van der Waals surface area contributed by atoms with Gasteiger partial charge in [0.25, 0.3) is 0 Å². The van der Waals surface area contributed by atoms with Crippen LogP contribution in [-0.2, 0) is 11.2 Å². The molecule has 0 unspecified atom stereocenters. The zero-order valence-corrected chi connectivity index (χ0v) is 17.6. The molecule has 2 aromatic rings. The van der Waals surface area contributed by atoms with Gasteiger partial charge in [0, 0.05) is 18.5 Å². The zero-order valence-electron chi connectivity index (χ0n) is 16.7. The summed E-state index contributed by atoms with van der Waals surface area (Å²) in [5.74, 6) is 2.36. The molecule has 0 atom stereocenters. The number of rotatable bonds is 9. The zero-order chi connectivity index (χ0) is 19.4. The van der Waals surface area contributed by atoms with E-state index in [1.54, 1.807) is 0 Å². The van der Waals surface area contributed by atoms with Gasteiger partial charge < -0.3 is 9.88 Å². The lowest BCUT2D eigenvalue weighted by atomic mass is 10.0. The monoisotopic (exact) mass is 386 g/mol. The highest BCUT2D eigenvalue weighted by Gasteiger charge is 2.30. The summed E-state index contributed by atoms with van der Waals surface area (Å²) in [5, 5.41) is 12.5. The fourth-order valence-corrected chi connectivity index (χ4v) is 3.90. The molecule has 0 bridgehead atoms. The smallest absolute Gasteiger partial charge is 0.230 e. The minimum Gasteiger partial charge on any atom is -0.355 e. The summed E-state index contributed by atoms with van der Waals surface area (Å²) in [6.07, 6.45) is 3.23. The molecule has 1 N–H and O–H groups in total. The average molecular weight is 387 g/mol. The Morgan fingerprint density at radius 1 is 1.15 bits per heavy atom. The fourth-order valence-electron chi connectivity index (χ4n) is 3.05. The Balaban J connectivity index is 1.45. The van der Waals surface area contributed by atoms with E-state index in [0.717, 1.165) is 17.4 Å².